The van der Waals surface area contributed by atoms with Crippen molar-refractivity contribution in [1.82, 2.24) is 5.32 Å². The summed E-state index contributed by atoms with van der Waals surface area (Å²) in [5.41, 5.74) is 0.938. The zero-order chi connectivity index (χ0) is 21.3. The van der Waals surface area contributed by atoms with Crippen molar-refractivity contribution in [3.8, 4) is 0 Å². The third-order valence-electron chi connectivity index (χ3n) is 3.56. The first-order valence-electron chi connectivity index (χ1n) is 8.37. The van der Waals surface area contributed by atoms with Gasteiger partial charge in [-0.25, -0.2) is 0 Å². The summed E-state index contributed by atoms with van der Waals surface area (Å²) in [6.45, 7) is 2.59. The van der Waals surface area contributed by atoms with Crippen molar-refractivity contribution in [1.29, 1.82) is 0 Å². The molecule has 1 atom stereocenters. The highest BCUT2D eigenvalue weighted by Crippen LogP contribution is 2.20. The van der Waals surface area contributed by atoms with E-state index in [2.05, 4.69) is 10.6 Å². The van der Waals surface area contributed by atoms with Gasteiger partial charge in [0, 0.05) is 18.2 Å². The summed E-state index contributed by atoms with van der Waals surface area (Å²) >= 11 is 0.828. The maximum atomic E-state index is 12.2. The van der Waals surface area contributed by atoms with E-state index >= 15 is 0 Å². The second-order valence-corrected chi connectivity index (χ2v) is 7.10. The standard InChI is InChI=1S/C18H21F3N2O4S/c1-11(24)13-5-3-6-14(9-13)23-15(17(27)22-12(2)25)7-4-8-28-10-16(26)18(19,20)21/h3,5-6,9,15,23H,4,7-8,10H2,1-2H3,(H,22,25,27)/t15-/m0/s1. The average Bonchev–Trinajstić information content (AvgIpc) is 2.58. The lowest BCUT2D eigenvalue weighted by Gasteiger charge is -2.19. The minimum absolute atomic E-state index is 0.154. The molecule has 1 aromatic rings. The highest BCUT2D eigenvalue weighted by Gasteiger charge is 2.37. The molecule has 0 saturated carbocycles. The van der Waals surface area contributed by atoms with Crippen LogP contribution < -0.4 is 10.6 Å². The summed E-state index contributed by atoms with van der Waals surface area (Å²) in [5.74, 6) is -3.53. The van der Waals surface area contributed by atoms with Crippen LogP contribution in [0, 0.1) is 0 Å². The molecule has 0 aliphatic carbocycles. The van der Waals surface area contributed by atoms with Crippen LogP contribution in [-0.4, -0.2) is 47.1 Å². The van der Waals surface area contributed by atoms with Crippen LogP contribution in [0.5, 0.6) is 0 Å². The van der Waals surface area contributed by atoms with Crippen LogP contribution in [0.2, 0.25) is 0 Å². The van der Waals surface area contributed by atoms with Gasteiger partial charge in [-0.15, -0.1) is 0 Å². The smallest absolute Gasteiger partial charge is 0.374 e. The Bertz CT molecular complexity index is 738. The van der Waals surface area contributed by atoms with E-state index in [-0.39, 0.29) is 18.0 Å². The van der Waals surface area contributed by atoms with Crippen molar-refractivity contribution >= 4 is 40.8 Å². The molecule has 1 aromatic carbocycles. The van der Waals surface area contributed by atoms with Gasteiger partial charge in [-0.05, 0) is 37.7 Å². The van der Waals surface area contributed by atoms with Gasteiger partial charge in [0.2, 0.25) is 17.6 Å². The molecule has 2 N–H and O–H groups in total. The number of benzene rings is 1. The number of rotatable bonds is 10. The molecular weight excluding hydrogens is 397 g/mol. The summed E-state index contributed by atoms with van der Waals surface area (Å²) in [7, 11) is 0. The number of hydrogen-bond acceptors (Lipinski definition) is 6. The first-order chi connectivity index (χ1) is 13.0. The molecule has 10 heteroatoms. The van der Waals surface area contributed by atoms with Gasteiger partial charge < -0.3 is 5.32 Å². The van der Waals surface area contributed by atoms with Gasteiger partial charge in [0.15, 0.2) is 5.78 Å². The number of ketones is 2. The molecule has 154 valence electrons. The predicted molar refractivity (Wildman–Crippen MR) is 100 cm³/mol. The van der Waals surface area contributed by atoms with Gasteiger partial charge in [0.05, 0.1) is 5.75 Å². The van der Waals surface area contributed by atoms with Crippen molar-refractivity contribution in [3.05, 3.63) is 29.8 Å². The van der Waals surface area contributed by atoms with E-state index in [9.17, 15) is 32.3 Å². The Labute approximate surface area is 164 Å². The first kappa shape index (κ1) is 23.7. The number of imide groups is 1. The van der Waals surface area contributed by atoms with Crippen molar-refractivity contribution in [2.24, 2.45) is 0 Å². The zero-order valence-corrected chi connectivity index (χ0v) is 16.2. The molecule has 0 spiro atoms. The van der Waals surface area contributed by atoms with Crippen LogP contribution in [-0.2, 0) is 14.4 Å². The zero-order valence-electron chi connectivity index (χ0n) is 15.4. The summed E-state index contributed by atoms with van der Waals surface area (Å²) < 4.78 is 36.5. The van der Waals surface area contributed by atoms with E-state index in [1.807, 2.05) is 0 Å². The van der Waals surface area contributed by atoms with Gasteiger partial charge in [-0.3, -0.25) is 24.5 Å². The van der Waals surface area contributed by atoms with Gasteiger partial charge in [0.25, 0.3) is 0 Å². The lowest BCUT2D eigenvalue weighted by molar-refractivity contribution is -0.167. The summed E-state index contributed by atoms with van der Waals surface area (Å²) in [5, 5.41) is 5.09. The Morgan fingerprint density at radius 2 is 1.82 bits per heavy atom. The van der Waals surface area contributed by atoms with Crippen molar-refractivity contribution < 1.29 is 32.3 Å². The second kappa shape index (κ2) is 10.8. The number of anilines is 1. The monoisotopic (exact) mass is 418 g/mol. The number of halogens is 3. The largest absolute Gasteiger partial charge is 0.450 e. The normalized spacial score (nSPS) is 12.2. The molecule has 0 radical (unpaired) electrons. The number of thioether (sulfide) groups is 1. The van der Waals surface area contributed by atoms with E-state index in [0.29, 0.717) is 17.7 Å². The van der Waals surface area contributed by atoms with Crippen LogP contribution in [0.3, 0.4) is 0 Å². The van der Waals surface area contributed by atoms with E-state index in [1.54, 1.807) is 24.3 Å². The summed E-state index contributed by atoms with van der Waals surface area (Å²) in [4.78, 5) is 45.7. The highest BCUT2D eigenvalue weighted by atomic mass is 32.2. The third-order valence-corrected chi connectivity index (χ3v) is 4.60. The molecule has 0 bridgehead atoms. The first-order valence-corrected chi connectivity index (χ1v) is 9.53. The van der Waals surface area contributed by atoms with E-state index in [1.165, 1.54) is 13.8 Å². The molecule has 0 fully saturated rings. The van der Waals surface area contributed by atoms with Crippen molar-refractivity contribution in [3.63, 3.8) is 0 Å². The highest BCUT2D eigenvalue weighted by molar-refractivity contribution is 7.99. The van der Waals surface area contributed by atoms with E-state index < -0.39 is 35.6 Å². The minimum atomic E-state index is -4.85. The number of Topliss-reactive ketones (excluding diaryl/α,β-unsaturated/α-hetero) is 2. The van der Waals surface area contributed by atoms with E-state index in [4.69, 9.17) is 0 Å². The maximum absolute atomic E-state index is 12.2. The van der Waals surface area contributed by atoms with Gasteiger partial charge in [-0.1, -0.05) is 12.1 Å². The van der Waals surface area contributed by atoms with E-state index in [0.717, 1.165) is 11.8 Å². The minimum Gasteiger partial charge on any atom is -0.374 e. The number of hydrogen-bond donors (Lipinski definition) is 2. The quantitative estimate of drug-likeness (QED) is 0.448. The number of alkyl halides is 3. The molecular formula is C18H21F3N2O4S. The van der Waals surface area contributed by atoms with Gasteiger partial charge >= 0.3 is 6.18 Å². The molecule has 1 rings (SSSR count). The average molecular weight is 418 g/mol. The fourth-order valence-corrected chi connectivity index (χ4v) is 3.06. The number of carbonyl (C=O) groups excluding carboxylic acids is 4. The molecule has 0 heterocycles. The lowest BCUT2D eigenvalue weighted by Crippen LogP contribution is -2.41. The number of carbonyl (C=O) groups is 4. The topological polar surface area (TPSA) is 92.3 Å². The molecule has 0 aromatic heterocycles. The SMILES string of the molecule is CC(=O)NC(=O)[C@H](CCCSCC(=O)C(F)(F)F)Nc1cccc(C(C)=O)c1. The van der Waals surface area contributed by atoms with Crippen LogP contribution in [0.25, 0.3) is 0 Å². The molecule has 0 saturated heterocycles. The van der Waals surface area contributed by atoms with Crippen molar-refractivity contribution in [2.75, 3.05) is 16.8 Å². The summed E-state index contributed by atoms with van der Waals surface area (Å²) in [6.07, 6.45) is -4.29. The van der Waals surface area contributed by atoms with Gasteiger partial charge in [-0.2, -0.15) is 24.9 Å². The van der Waals surface area contributed by atoms with Crippen LogP contribution in [0.1, 0.15) is 37.0 Å². The molecule has 0 unspecified atom stereocenters. The van der Waals surface area contributed by atoms with Crippen molar-refractivity contribution in [2.45, 2.75) is 38.9 Å². The maximum Gasteiger partial charge on any atom is 0.450 e. The Morgan fingerprint density at radius 3 is 2.39 bits per heavy atom. The molecule has 6 nitrogen and oxygen atoms in total. The lowest BCUT2D eigenvalue weighted by atomic mass is 10.1. The fraction of sp³-hybridized carbons (Fsp3) is 0.444. The predicted octanol–water partition coefficient (Wildman–Crippen LogP) is 2.98. The second-order valence-electron chi connectivity index (χ2n) is 6.00. The third kappa shape index (κ3) is 8.55. The number of amides is 2. The van der Waals surface area contributed by atoms with Crippen LogP contribution in [0.15, 0.2) is 24.3 Å². The Kier molecular flexibility index (Phi) is 9.17. The number of nitrogens with one attached hydrogen (secondary N) is 2. The molecule has 2 amide bonds. The fourth-order valence-electron chi connectivity index (χ4n) is 2.19. The molecule has 0 aliphatic rings. The van der Waals surface area contributed by atoms with Gasteiger partial charge in [0.1, 0.15) is 6.04 Å². The Morgan fingerprint density at radius 1 is 1.14 bits per heavy atom. The van der Waals surface area contributed by atoms with Crippen LogP contribution >= 0.6 is 11.8 Å². The Hall–Kier alpha value is -2.36. The van der Waals surface area contributed by atoms with Crippen LogP contribution in [0.4, 0.5) is 18.9 Å². The Balaban J connectivity index is 2.67. The summed E-state index contributed by atoms with van der Waals surface area (Å²) in [6, 6.07) is 5.64. The molecule has 28 heavy (non-hydrogen) atoms. The molecule has 0 aliphatic heterocycles.